The lowest BCUT2D eigenvalue weighted by Gasteiger charge is -2.26. The Kier molecular flexibility index (Phi) is 8.17. The molecule has 33 heavy (non-hydrogen) atoms. The number of benzene rings is 3. The molecule has 8 heteroatoms. The maximum atomic E-state index is 13.2. The third kappa shape index (κ3) is 6.62. The second-order valence-corrected chi connectivity index (χ2v) is 10.3. The monoisotopic (exact) mass is 466 g/mol. The van der Waals surface area contributed by atoms with Crippen molar-refractivity contribution in [3.05, 3.63) is 108 Å². The summed E-state index contributed by atoms with van der Waals surface area (Å²) in [5, 5.41) is 12.2. The van der Waals surface area contributed by atoms with Gasteiger partial charge in [-0.3, -0.25) is 9.36 Å². The van der Waals surface area contributed by atoms with Crippen LogP contribution in [0.15, 0.2) is 91.0 Å². The first-order valence-electron chi connectivity index (χ1n) is 10.5. The van der Waals surface area contributed by atoms with Gasteiger partial charge in [-0.1, -0.05) is 91.0 Å². The Labute approximate surface area is 192 Å². The van der Waals surface area contributed by atoms with Gasteiger partial charge in [-0.05, 0) is 23.1 Å². The molecule has 0 aliphatic rings. The van der Waals surface area contributed by atoms with E-state index in [0.29, 0.717) is 11.1 Å². The predicted molar refractivity (Wildman–Crippen MR) is 127 cm³/mol. The third-order valence-electron chi connectivity index (χ3n) is 5.42. The summed E-state index contributed by atoms with van der Waals surface area (Å²) in [6.45, 7) is 0. The predicted octanol–water partition coefficient (Wildman–Crippen LogP) is 3.72. The first-order valence-corrected chi connectivity index (χ1v) is 12.4. The Morgan fingerprint density at radius 1 is 0.848 bits per heavy atom. The van der Waals surface area contributed by atoms with Crippen LogP contribution >= 0.6 is 7.37 Å². The fourth-order valence-corrected chi connectivity index (χ4v) is 5.44. The van der Waals surface area contributed by atoms with Crippen molar-refractivity contribution in [2.24, 2.45) is 11.7 Å². The number of carbonyl (C=O) groups excluding carboxylic acids is 1. The maximum absolute atomic E-state index is 13.2. The molecule has 0 aliphatic heterocycles. The number of nitrogens with two attached hydrogens (primary N) is 1. The van der Waals surface area contributed by atoms with Crippen LogP contribution in [0.3, 0.4) is 0 Å². The molecule has 3 rings (SSSR count). The third-order valence-corrected chi connectivity index (χ3v) is 7.55. The van der Waals surface area contributed by atoms with Crippen LogP contribution in [-0.4, -0.2) is 28.0 Å². The van der Waals surface area contributed by atoms with Gasteiger partial charge in [0, 0.05) is 6.16 Å². The molecule has 1 amide bonds. The Morgan fingerprint density at radius 2 is 1.33 bits per heavy atom. The van der Waals surface area contributed by atoms with Crippen molar-refractivity contribution in [2.45, 2.75) is 18.2 Å². The van der Waals surface area contributed by atoms with Crippen molar-refractivity contribution >= 4 is 19.2 Å². The van der Waals surface area contributed by atoms with Gasteiger partial charge in [-0.25, -0.2) is 4.79 Å². The lowest BCUT2D eigenvalue weighted by Crippen LogP contribution is -2.40. The van der Waals surface area contributed by atoms with Crippen LogP contribution in [0.4, 0.5) is 0 Å². The number of carbonyl (C=O) groups is 2. The molecule has 3 aromatic rings. The van der Waals surface area contributed by atoms with Gasteiger partial charge in [-0.2, -0.15) is 0 Å². The topological polar surface area (TPSA) is 130 Å². The smallest absolute Gasteiger partial charge is 0.330 e. The van der Waals surface area contributed by atoms with Gasteiger partial charge in [0.2, 0.25) is 13.3 Å². The van der Waals surface area contributed by atoms with E-state index < -0.39 is 37.0 Å². The van der Waals surface area contributed by atoms with Gasteiger partial charge in [0.1, 0.15) is 5.78 Å². The minimum absolute atomic E-state index is 0.167. The van der Waals surface area contributed by atoms with Crippen molar-refractivity contribution in [3.63, 3.8) is 0 Å². The van der Waals surface area contributed by atoms with Crippen molar-refractivity contribution in [1.82, 2.24) is 5.32 Å². The van der Waals surface area contributed by atoms with Crippen LogP contribution in [-0.2, 0) is 20.6 Å². The number of hydrogen-bond donors (Lipinski definition) is 4. The summed E-state index contributed by atoms with van der Waals surface area (Å²) in [7, 11) is -4.02. The number of hydrogen-bond acceptors (Lipinski definition) is 4. The lowest BCUT2D eigenvalue weighted by atomic mass is 9.99. The number of nitrogens with one attached hydrogen (secondary N) is 1. The van der Waals surface area contributed by atoms with E-state index in [2.05, 4.69) is 5.32 Å². The van der Waals surface area contributed by atoms with Gasteiger partial charge in [0.15, 0.2) is 6.04 Å². The summed E-state index contributed by atoms with van der Waals surface area (Å²) >= 11 is 0. The van der Waals surface area contributed by atoms with E-state index in [1.807, 2.05) is 30.3 Å². The molecule has 0 bridgehead atoms. The second-order valence-electron chi connectivity index (χ2n) is 7.87. The van der Waals surface area contributed by atoms with E-state index in [9.17, 15) is 24.2 Å². The molecule has 0 saturated heterocycles. The summed E-state index contributed by atoms with van der Waals surface area (Å²) < 4.78 is 13.2. The maximum Gasteiger partial charge on any atom is 0.330 e. The fraction of sp³-hybridized carbons (Fsp3) is 0.200. The van der Waals surface area contributed by atoms with Crippen LogP contribution in [0.5, 0.6) is 0 Å². The van der Waals surface area contributed by atoms with E-state index in [1.165, 1.54) is 0 Å². The van der Waals surface area contributed by atoms with Crippen molar-refractivity contribution in [2.75, 3.05) is 6.16 Å². The highest BCUT2D eigenvalue weighted by Crippen LogP contribution is 2.54. The molecule has 5 N–H and O–H groups in total. The first-order chi connectivity index (χ1) is 15.8. The van der Waals surface area contributed by atoms with Gasteiger partial charge in [0.05, 0.1) is 5.92 Å². The molecule has 0 aromatic heterocycles. The Hall–Kier alpha value is -3.25. The molecule has 0 heterocycles. The zero-order valence-electron chi connectivity index (χ0n) is 18.0. The lowest BCUT2D eigenvalue weighted by molar-refractivity contribution is -0.142. The standard InChI is InChI=1S/C25H27N2O5P/c26-23(20-14-8-3-9-15-20)33(31,32)17-21(16-18-10-4-1-5-11-18)24(28)27-22(25(29)30)19-12-6-2-7-13-19/h1-15,21-23H,16-17,26H2,(H,27,28)(H,29,30)(H,31,32)/t21-,22-,23+/m0/s1. The Morgan fingerprint density at radius 3 is 1.85 bits per heavy atom. The molecule has 4 atom stereocenters. The fourth-order valence-electron chi connectivity index (χ4n) is 3.64. The molecular weight excluding hydrogens is 439 g/mol. The van der Waals surface area contributed by atoms with Crippen LogP contribution in [0.2, 0.25) is 0 Å². The Bertz CT molecular complexity index is 1110. The molecular formula is C25H27N2O5P. The van der Waals surface area contributed by atoms with E-state index in [1.54, 1.807) is 60.7 Å². The highest BCUT2D eigenvalue weighted by atomic mass is 31.2. The van der Waals surface area contributed by atoms with Gasteiger partial charge >= 0.3 is 5.97 Å². The van der Waals surface area contributed by atoms with Gasteiger partial charge < -0.3 is 21.1 Å². The molecule has 3 aromatic carbocycles. The highest BCUT2D eigenvalue weighted by molar-refractivity contribution is 7.58. The molecule has 0 aliphatic carbocycles. The number of rotatable bonds is 10. The molecule has 0 spiro atoms. The minimum Gasteiger partial charge on any atom is -0.479 e. The van der Waals surface area contributed by atoms with E-state index in [-0.39, 0.29) is 12.6 Å². The molecule has 7 nitrogen and oxygen atoms in total. The van der Waals surface area contributed by atoms with Crippen LogP contribution in [0.1, 0.15) is 28.5 Å². The summed E-state index contributed by atoms with van der Waals surface area (Å²) in [5.74, 6) is -3.96. The van der Waals surface area contributed by atoms with Crippen LogP contribution < -0.4 is 11.1 Å². The summed E-state index contributed by atoms with van der Waals surface area (Å²) in [4.78, 5) is 35.9. The zero-order chi connectivity index (χ0) is 23.8. The quantitative estimate of drug-likeness (QED) is 0.337. The normalized spacial score (nSPS) is 15.6. The molecule has 0 fully saturated rings. The second kappa shape index (κ2) is 11.1. The van der Waals surface area contributed by atoms with E-state index in [0.717, 1.165) is 5.56 Å². The van der Waals surface area contributed by atoms with Crippen molar-refractivity contribution in [3.8, 4) is 0 Å². The molecule has 0 saturated carbocycles. The number of carboxylic acids is 1. The van der Waals surface area contributed by atoms with Crippen molar-refractivity contribution < 1.29 is 24.2 Å². The van der Waals surface area contributed by atoms with Gasteiger partial charge in [0.25, 0.3) is 0 Å². The SMILES string of the molecule is N[C@@H](c1ccccc1)P(=O)(O)C[C@H](Cc1ccccc1)C(=O)N[C@H](C(=O)O)c1ccccc1. The average molecular weight is 466 g/mol. The van der Waals surface area contributed by atoms with E-state index in [4.69, 9.17) is 5.73 Å². The number of amides is 1. The molecule has 1 unspecified atom stereocenters. The number of aliphatic carboxylic acids is 1. The van der Waals surface area contributed by atoms with E-state index >= 15 is 0 Å². The summed E-state index contributed by atoms with van der Waals surface area (Å²) in [5.41, 5.74) is 7.81. The average Bonchev–Trinajstić information content (AvgIpc) is 2.83. The number of carboxylic acid groups (broad SMARTS) is 1. The first kappa shape index (κ1) is 24.4. The molecule has 0 radical (unpaired) electrons. The zero-order valence-corrected chi connectivity index (χ0v) is 18.8. The minimum atomic E-state index is -4.02. The Balaban J connectivity index is 1.86. The van der Waals surface area contributed by atoms with Crippen molar-refractivity contribution in [1.29, 1.82) is 0 Å². The highest BCUT2D eigenvalue weighted by Gasteiger charge is 2.36. The van der Waals surface area contributed by atoms with Gasteiger partial charge in [-0.15, -0.1) is 0 Å². The largest absolute Gasteiger partial charge is 0.479 e. The van der Waals surface area contributed by atoms with Crippen LogP contribution in [0.25, 0.3) is 0 Å². The molecule has 172 valence electrons. The van der Waals surface area contributed by atoms with Crippen LogP contribution in [0, 0.1) is 5.92 Å². The summed E-state index contributed by atoms with van der Waals surface area (Å²) in [6.07, 6.45) is -0.217. The summed E-state index contributed by atoms with van der Waals surface area (Å²) in [6, 6.07) is 24.7.